The molecule has 1 unspecified atom stereocenters. The van der Waals surface area contributed by atoms with Crippen LogP contribution < -0.4 is 14.2 Å². The molecule has 0 fully saturated rings. The molecule has 0 aromatic heterocycles. The molecule has 0 spiro atoms. The van der Waals surface area contributed by atoms with Gasteiger partial charge in [0.25, 0.3) is 0 Å². The third-order valence-corrected chi connectivity index (χ3v) is 6.73. The van der Waals surface area contributed by atoms with Crippen molar-refractivity contribution in [3.63, 3.8) is 0 Å². The molecule has 39 heavy (non-hydrogen) atoms. The maximum Gasteiger partial charge on any atom is 0.204 e. The number of hydrogen-bond acceptors (Lipinski definition) is 3. The third-order valence-electron chi connectivity index (χ3n) is 6.73. The van der Waals surface area contributed by atoms with Crippen molar-refractivity contribution in [1.29, 1.82) is 0 Å². The molecule has 0 saturated carbocycles. The molecule has 0 aliphatic heterocycles. The van der Waals surface area contributed by atoms with Gasteiger partial charge in [-0.2, -0.15) is 13.2 Å². The van der Waals surface area contributed by atoms with E-state index in [1.54, 1.807) is 19.1 Å². The minimum atomic E-state index is -1.11. The van der Waals surface area contributed by atoms with E-state index in [4.69, 9.17) is 14.2 Å². The van der Waals surface area contributed by atoms with E-state index < -0.39 is 29.1 Å². The lowest BCUT2D eigenvalue weighted by atomic mass is 9.86. The zero-order valence-electron chi connectivity index (χ0n) is 22.0. The minimum Gasteiger partial charge on any atom is -0.491 e. The molecule has 0 amide bonds. The Bertz CT molecular complexity index is 1340. The molecule has 1 aliphatic rings. The minimum absolute atomic E-state index is 0.0416. The number of ether oxygens (including phenoxy) is 3. The van der Waals surface area contributed by atoms with Gasteiger partial charge in [0, 0.05) is 11.1 Å². The van der Waals surface area contributed by atoms with Gasteiger partial charge in [0.2, 0.25) is 17.5 Å². The van der Waals surface area contributed by atoms with Crippen LogP contribution in [0.4, 0.5) is 22.0 Å². The van der Waals surface area contributed by atoms with Crippen LogP contribution >= 0.6 is 0 Å². The number of rotatable bonds is 11. The quantitative estimate of drug-likeness (QED) is 0.178. The summed E-state index contributed by atoms with van der Waals surface area (Å²) >= 11 is 0. The number of halogens is 5. The van der Waals surface area contributed by atoms with Gasteiger partial charge in [-0.1, -0.05) is 31.6 Å². The van der Waals surface area contributed by atoms with Crippen LogP contribution in [-0.2, 0) is 0 Å². The highest BCUT2D eigenvalue weighted by Crippen LogP contribution is 2.36. The Kier molecular flexibility index (Phi) is 9.49. The van der Waals surface area contributed by atoms with E-state index in [0.717, 1.165) is 18.4 Å². The second-order valence-corrected chi connectivity index (χ2v) is 9.44. The average Bonchev–Trinajstić information content (AvgIpc) is 2.94. The average molecular weight is 547 g/mol. The van der Waals surface area contributed by atoms with Crippen molar-refractivity contribution in [2.45, 2.75) is 46.0 Å². The van der Waals surface area contributed by atoms with Crippen molar-refractivity contribution >= 4 is 5.57 Å². The first kappa shape index (κ1) is 28.5. The Hall–Kier alpha value is -3.55. The van der Waals surface area contributed by atoms with Crippen molar-refractivity contribution in [3.8, 4) is 28.4 Å². The Morgan fingerprint density at radius 1 is 0.744 bits per heavy atom. The van der Waals surface area contributed by atoms with E-state index in [1.807, 2.05) is 13.0 Å². The summed E-state index contributed by atoms with van der Waals surface area (Å²) in [6, 6.07) is 9.72. The van der Waals surface area contributed by atoms with Gasteiger partial charge in [-0.05, 0) is 80.0 Å². The monoisotopic (exact) mass is 546 g/mol. The van der Waals surface area contributed by atoms with Gasteiger partial charge in [-0.25, -0.2) is 8.78 Å². The summed E-state index contributed by atoms with van der Waals surface area (Å²) in [5.74, 6) is -5.36. The molecule has 3 nitrogen and oxygen atoms in total. The van der Waals surface area contributed by atoms with Gasteiger partial charge < -0.3 is 14.2 Å². The van der Waals surface area contributed by atoms with Gasteiger partial charge >= 0.3 is 0 Å². The van der Waals surface area contributed by atoms with Gasteiger partial charge in [-0.3, -0.25) is 0 Å². The van der Waals surface area contributed by atoms with E-state index in [0.29, 0.717) is 31.4 Å². The largest absolute Gasteiger partial charge is 0.491 e. The van der Waals surface area contributed by atoms with Crippen molar-refractivity contribution < 1.29 is 36.2 Å². The van der Waals surface area contributed by atoms with E-state index >= 15 is 4.39 Å². The van der Waals surface area contributed by atoms with E-state index in [9.17, 15) is 17.6 Å². The summed E-state index contributed by atoms with van der Waals surface area (Å²) in [6.45, 7) is 4.32. The van der Waals surface area contributed by atoms with Crippen molar-refractivity contribution in [2.24, 2.45) is 5.92 Å². The molecule has 0 bridgehead atoms. The molecule has 1 aliphatic carbocycles. The van der Waals surface area contributed by atoms with Gasteiger partial charge in [0.1, 0.15) is 5.82 Å². The van der Waals surface area contributed by atoms with Crippen molar-refractivity contribution in [2.75, 3.05) is 19.8 Å². The number of benzene rings is 3. The molecule has 0 radical (unpaired) electrons. The first-order valence-electron chi connectivity index (χ1n) is 13.2. The molecule has 0 heterocycles. The molecule has 4 rings (SSSR count). The maximum absolute atomic E-state index is 15.0. The number of hydrogen-bond donors (Lipinski definition) is 0. The fourth-order valence-corrected chi connectivity index (χ4v) is 4.52. The van der Waals surface area contributed by atoms with Crippen LogP contribution in [0.3, 0.4) is 0 Å². The highest BCUT2D eigenvalue weighted by atomic mass is 19.2. The Morgan fingerprint density at radius 2 is 1.38 bits per heavy atom. The van der Waals surface area contributed by atoms with Crippen LogP contribution in [0, 0.1) is 35.0 Å². The fourth-order valence-electron chi connectivity index (χ4n) is 4.52. The summed E-state index contributed by atoms with van der Waals surface area (Å²) < 4.78 is 88.5. The molecule has 3 aromatic rings. The number of allylic oxidation sites excluding steroid dienone is 2. The van der Waals surface area contributed by atoms with Crippen LogP contribution in [0.25, 0.3) is 16.7 Å². The SMILES string of the molecule is CCCCOc1ccc(OCC2CC=C(c3ccc(-c4ccc(OCC)c(F)c4F)cc3F)CC2)c(F)c1F. The maximum atomic E-state index is 15.0. The van der Waals surface area contributed by atoms with E-state index in [1.165, 1.54) is 30.3 Å². The lowest BCUT2D eigenvalue weighted by Gasteiger charge is -2.23. The van der Waals surface area contributed by atoms with Crippen molar-refractivity contribution in [3.05, 3.63) is 83.2 Å². The molecule has 8 heteroatoms. The predicted molar refractivity (Wildman–Crippen MR) is 140 cm³/mol. The lowest BCUT2D eigenvalue weighted by Crippen LogP contribution is -2.15. The second kappa shape index (κ2) is 13.0. The van der Waals surface area contributed by atoms with Gasteiger partial charge in [-0.15, -0.1) is 0 Å². The first-order chi connectivity index (χ1) is 18.8. The lowest BCUT2D eigenvalue weighted by molar-refractivity contribution is 0.225. The van der Waals surface area contributed by atoms with Crippen LogP contribution in [0.2, 0.25) is 0 Å². The van der Waals surface area contributed by atoms with E-state index in [2.05, 4.69) is 0 Å². The zero-order chi connectivity index (χ0) is 27.9. The molecular weight excluding hydrogens is 515 g/mol. The Morgan fingerprint density at radius 3 is 2.03 bits per heavy atom. The Balaban J connectivity index is 1.39. The van der Waals surface area contributed by atoms with Crippen LogP contribution in [0.5, 0.6) is 17.2 Å². The smallest absolute Gasteiger partial charge is 0.204 e. The molecular formula is C31H31F5O3. The van der Waals surface area contributed by atoms with Crippen LogP contribution in [0.15, 0.2) is 48.5 Å². The highest BCUT2D eigenvalue weighted by Gasteiger charge is 2.22. The first-order valence-corrected chi connectivity index (χ1v) is 13.2. The van der Waals surface area contributed by atoms with Gasteiger partial charge in [0.15, 0.2) is 23.1 Å². The summed E-state index contributed by atoms with van der Waals surface area (Å²) in [6.07, 6.45) is 5.30. The molecule has 0 N–H and O–H groups in total. The van der Waals surface area contributed by atoms with Crippen molar-refractivity contribution in [1.82, 2.24) is 0 Å². The normalized spacial score (nSPS) is 15.2. The molecule has 0 saturated heterocycles. The van der Waals surface area contributed by atoms with Crippen LogP contribution in [-0.4, -0.2) is 19.8 Å². The highest BCUT2D eigenvalue weighted by molar-refractivity contribution is 5.72. The predicted octanol–water partition coefficient (Wildman–Crippen LogP) is 8.89. The molecule has 1 atom stereocenters. The summed E-state index contributed by atoms with van der Waals surface area (Å²) in [4.78, 5) is 0. The molecule has 208 valence electrons. The van der Waals surface area contributed by atoms with Crippen LogP contribution in [0.1, 0.15) is 51.5 Å². The standard InChI is InChI=1S/C31H31F5O3/c1-3-5-16-38-26-14-15-27(31(36)30(26)35)39-18-19-6-8-20(9-7-19)22-11-10-21(17-24(22)32)23-12-13-25(37-4-2)29(34)28(23)33/h8,10-15,17,19H,3-7,9,16,18H2,1-2H3. The molecule has 3 aromatic carbocycles. The summed E-state index contributed by atoms with van der Waals surface area (Å²) in [7, 11) is 0. The second-order valence-electron chi connectivity index (χ2n) is 9.44. The Labute approximate surface area is 225 Å². The third kappa shape index (κ3) is 6.54. The van der Waals surface area contributed by atoms with Gasteiger partial charge in [0.05, 0.1) is 19.8 Å². The summed E-state index contributed by atoms with van der Waals surface area (Å²) in [5.41, 5.74) is 1.34. The zero-order valence-corrected chi connectivity index (χ0v) is 22.0. The topological polar surface area (TPSA) is 27.7 Å². The summed E-state index contributed by atoms with van der Waals surface area (Å²) in [5, 5.41) is 0. The number of unbranched alkanes of at least 4 members (excludes halogenated alkanes) is 1. The fraction of sp³-hybridized carbons (Fsp3) is 0.355. The van der Waals surface area contributed by atoms with E-state index in [-0.39, 0.29) is 47.5 Å².